The summed E-state index contributed by atoms with van der Waals surface area (Å²) in [6.45, 7) is 2.85. The van der Waals surface area contributed by atoms with E-state index in [0.29, 0.717) is 12.6 Å². The SMILES string of the molecule is CC1CCC(NCC(O)COc2ccccc2F)C1. The number of hydrogen-bond donors (Lipinski definition) is 2. The Morgan fingerprint density at radius 2 is 2.21 bits per heavy atom. The smallest absolute Gasteiger partial charge is 0.165 e. The quantitative estimate of drug-likeness (QED) is 0.831. The fraction of sp³-hybridized carbons (Fsp3) is 0.600. The highest BCUT2D eigenvalue weighted by Crippen LogP contribution is 2.24. The first kappa shape index (κ1) is 14.3. The zero-order chi connectivity index (χ0) is 13.7. The van der Waals surface area contributed by atoms with Crippen molar-refractivity contribution in [3.63, 3.8) is 0 Å². The van der Waals surface area contributed by atoms with Gasteiger partial charge in [0, 0.05) is 12.6 Å². The van der Waals surface area contributed by atoms with Crippen LogP contribution < -0.4 is 10.1 Å². The van der Waals surface area contributed by atoms with E-state index in [9.17, 15) is 9.50 Å². The van der Waals surface area contributed by atoms with Crippen LogP contribution in [0.5, 0.6) is 5.75 Å². The summed E-state index contributed by atoms with van der Waals surface area (Å²) in [6, 6.07) is 6.73. The Kier molecular flexibility index (Phi) is 5.16. The Morgan fingerprint density at radius 1 is 1.42 bits per heavy atom. The average molecular weight is 267 g/mol. The number of ether oxygens (including phenoxy) is 1. The first-order chi connectivity index (χ1) is 9.15. The van der Waals surface area contributed by atoms with Crippen LogP contribution in [0.3, 0.4) is 0 Å². The first-order valence-corrected chi connectivity index (χ1v) is 6.94. The second-order valence-corrected chi connectivity index (χ2v) is 5.42. The van der Waals surface area contributed by atoms with E-state index in [1.807, 2.05) is 0 Å². The molecule has 0 heterocycles. The number of rotatable bonds is 6. The molecule has 1 fully saturated rings. The van der Waals surface area contributed by atoms with Crippen LogP contribution >= 0.6 is 0 Å². The van der Waals surface area contributed by atoms with Crippen LogP contribution in [0.25, 0.3) is 0 Å². The molecule has 1 aromatic carbocycles. The molecule has 1 aliphatic rings. The van der Waals surface area contributed by atoms with Gasteiger partial charge in [0.15, 0.2) is 11.6 Å². The van der Waals surface area contributed by atoms with Crippen molar-refractivity contribution in [1.82, 2.24) is 5.32 Å². The number of aliphatic hydroxyl groups excluding tert-OH is 1. The van der Waals surface area contributed by atoms with Crippen LogP contribution in [0.2, 0.25) is 0 Å². The molecule has 0 bridgehead atoms. The predicted molar refractivity (Wildman–Crippen MR) is 72.7 cm³/mol. The zero-order valence-electron chi connectivity index (χ0n) is 11.3. The van der Waals surface area contributed by atoms with Crippen molar-refractivity contribution in [2.45, 2.75) is 38.3 Å². The molecule has 2 N–H and O–H groups in total. The summed E-state index contributed by atoms with van der Waals surface area (Å²) >= 11 is 0. The van der Waals surface area contributed by atoms with Gasteiger partial charge >= 0.3 is 0 Å². The maximum atomic E-state index is 13.3. The standard InChI is InChI=1S/C15H22FNO2/c1-11-6-7-12(8-11)17-9-13(18)10-19-15-5-3-2-4-14(15)16/h2-5,11-13,17-18H,6-10H2,1H3. The van der Waals surface area contributed by atoms with Gasteiger partial charge in [0.05, 0.1) is 0 Å². The number of para-hydroxylation sites is 1. The van der Waals surface area contributed by atoms with E-state index in [1.54, 1.807) is 18.2 Å². The third-order valence-corrected chi connectivity index (χ3v) is 3.60. The van der Waals surface area contributed by atoms with Crippen LogP contribution in [0, 0.1) is 11.7 Å². The zero-order valence-corrected chi connectivity index (χ0v) is 11.3. The Balaban J connectivity index is 1.67. The van der Waals surface area contributed by atoms with Gasteiger partial charge in [-0.2, -0.15) is 0 Å². The molecule has 0 radical (unpaired) electrons. The molecule has 0 saturated heterocycles. The molecule has 3 unspecified atom stereocenters. The molecule has 1 saturated carbocycles. The maximum Gasteiger partial charge on any atom is 0.165 e. The Labute approximate surface area is 113 Å². The lowest BCUT2D eigenvalue weighted by molar-refractivity contribution is 0.101. The van der Waals surface area contributed by atoms with E-state index < -0.39 is 11.9 Å². The van der Waals surface area contributed by atoms with Gasteiger partial charge in [-0.1, -0.05) is 19.1 Å². The Morgan fingerprint density at radius 3 is 2.89 bits per heavy atom. The first-order valence-electron chi connectivity index (χ1n) is 6.94. The number of hydrogen-bond acceptors (Lipinski definition) is 3. The molecule has 3 nitrogen and oxygen atoms in total. The van der Waals surface area contributed by atoms with Crippen LogP contribution in [0.15, 0.2) is 24.3 Å². The lowest BCUT2D eigenvalue weighted by Gasteiger charge is -2.17. The Bertz CT molecular complexity index is 399. The summed E-state index contributed by atoms with van der Waals surface area (Å²) in [5, 5.41) is 13.2. The van der Waals surface area contributed by atoms with Crippen LogP contribution in [0.4, 0.5) is 4.39 Å². The lowest BCUT2D eigenvalue weighted by Crippen LogP contribution is -2.36. The second kappa shape index (κ2) is 6.87. The molecule has 106 valence electrons. The molecule has 1 aromatic rings. The number of nitrogens with one attached hydrogen (secondary N) is 1. The molecule has 1 aliphatic carbocycles. The van der Waals surface area contributed by atoms with Gasteiger partial charge in [-0.25, -0.2) is 4.39 Å². The maximum absolute atomic E-state index is 13.3. The summed E-state index contributed by atoms with van der Waals surface area (Å²) in [7, 11) is 0. The van der Waals surface area contributed by atoms with Gasteiger partial charge in [0.2, 0.25) is 0 Å². The minimum Gasteiger partial charge on any atom is -0.488 e. The molecule has 0 aliphatic heterocycles. The molecule has 0 spiro atoms. The van der Waals surface area contributed by atoms with Crippen molar-refractivity contribution in [3.8, 4) is 5.75 Å². The van der Waals surface area contributed by atoms with E-state index in [0.717, 1.165) is 5.92 Å². The van der Waals surface area contributed by atoms with Crippen molar-refractivity contribution < 1.29 is 14.2 Å². The van der Waals surface area contributed by atoms with Gasteiger partial charge < -0.3 is 15.2 Å². The summed E-state index contributed by atoms with van der Waals surface area (Å²) in [4.78, 5) is 0. The summed E-state index contributed by atoms with van der Waals surface area (Å²) in [5.74, 6) is 0.563. The molecule has 3 atom stereocenters. The van der Waals surface area contributed by atoms with Crippen molar-refractivity contribution in [2.24, 2.45) is 5.92 Å². The third kappa shape index (κ3) is 4.48. The number of benzene rings is 1. The highest BCUT2D eigenvalue weighted by molar-refractivity contribution is 5.23. The number of aliphatic hydroxyl groups is 1. The molecule has 4 heteroatoms. The second-order valence-electron chi connectivity index (χ2n) is 5.42. The van der Waals surface area contributed by atoms with E-state index in [-0.39, 0.29) is 12.4 Å². The molecule has 0 aromatic heterocycles. The highest BCUT2D eigenvalue weighted by atomic mass is 19.1. The molecular formula is C15H22FNO2. The molecule has 2 rings (SSSR count). The van der Waals surface area contributed by atoms with E-state index in [1.165, 1.54) is 25.3 Å². The van der Waals surface area contributed by atoms with E-state index in [2.05, 4.69) is 12.2 Å². The molecule has 0 amide bonds. The van der Waals surface area contributed by atoms with Crippen molar-refractivity contribution in [2.75, 3.05) is 13.2 Å². The lowest BCUT2D eigenvalue weighted by atomic mass is 10.1. The van der Waals surface area contributed by atoms with Crippen molar-refractivity contribution in [3.05, 3.63) is 30.1 Å². The summed E-state index contributed by atoms with van der Waals surface area (Å²) < 4.78 is 18.6. The van der Waals surface area contributed by atoms with Crippen LogP contribution in [-0.4, -0.2) is 30.4 Å². The summed E-state index contributed by atoms with van der Waals surface area (Å²) in [6.07, 6.45) is 2.97. The predicted octanol–water partition coefficient (Wildman–Crippen LogP) is 2.34. The monoisotopic (exact) mass is 267 g/mol. The number of halogens is 1. The van der Waals surface area contributed by atoms with E-state index in [4.69, 9.17) is 4.74 Å². The molecule has 19 heavy (non-hydrogen) atoms. The third-order valence-electron chi connectivity index (χ3n) is 3.60. The Hall–Kier alpha value is -1.13. The van der Waals surface area contributed by atoms with Gasteiger partial charge in [-0.3, -0.25) is 0 Å². The minimum atomic E-state index is -0.615. The van der Waals surface area contributed by atoms with Gasteiger partial charge in [0.25, 0.3) is 0 Å². The fourth-order valence-electron chi connectivity index (χ4n) is 2.50. The van der Waals surface area contributed by atoms with Crippen molar-refractivity contribution in [1.29, 1.82) is 0 Å². The van der Waals surface area contributed by atoms with Gasteiger partial charge in [-0.05, 0) is 37.3 Å². The van der Waals surface area contributed by atoms with Crippen molar-refractivity contribution >= 4 is 0 Å². The normalized spacial score (nSPS) is 24.4. The fourth-order valence-corrected chi connectivity index (χ4v) is 2.50. The van der Waals surface area contributed by atoms with Gasteiger partial charge in [-0.15, -0.1) is 0 Å². The topological polar surface area (TPSA) is 41.5 Å². The largest absolute Gasteiger partial charge is 0.488 e. The highest BCUT2D eigenvalue weighted by Gasteiger charge is 2.21. The van der Waals surface area contributed by atoms with Gasteiger partial charge in [0.1, 0.15) is 12.7 Å². The summed E-state index contributed by atoms with van der Waals surface area (Å²) in [5.41, 5.74) is 0. The average Bonchev–Trinajstić information content (AvgIpc) is 2.81. The van der Waals surface area contributed by atoms with Crippen LogP contribution in [0.1, 0.15) is 26.2 Å². The van der Waals surface area contributed by atoms with E-state index >= 15 is 0 Å². The molecular weight excluding hydrogens is 245 g/mol. The van der Waals surface area contributed by atoms with Crippen LogP contribution in [-0.2, 0) is 0 Å². The minimum absolute atomic E-state index is 0.107.